The largest absolute Gasteiger partial charge is 0.494 e. The monoisotopic (exact) mass is 363 g/mol. The van der Waals surface area contributed by atoms with Crippen molar-refractivity contribution in [3.8, 4) is 11.4 Å². The van der Waals surface area contributed by atoms with Crippen molar-refractivity contribution in [3.05, 3.63) is 77.1 Å². The zero-order valence-corrected chi connectivity index (χ0v) is 16.2. The fourth-order valence-corrected chi connectivity index (χ4v) is 3.16. The van der Waals surface area contributed by atoms with Crippen LogP contribution in [0.25, 0.3) is 5.69 Å². The van der Waals surface area contributed by atoms with Crippen LogP contribution in [-0.2, 0) is 0 Å². The second-order valence-corrected chi connectivity index (χ2v) is 6.49. The SMILES string of the molecule is CCOc1ccc(C(C)NC(=O)c2c(C)nn(-c3ccccc3)c2C)cc1. The van der Waals surface area contributed by atoms with Crippen LogP contribution in [0.4, 0.5) is 0 Å². The Morgan fingerprint density at radius 1 is 1.11 bits per heavy atom. The number of aromatic nitrogens is 2. The van der Waals surface area contributed by atoms with Crippen LogP contribution in [0.15, 0.2) is 54.6 Å². The van der Waals surface area contributed by atoms with E-state index in [-0.39, 0.29) is 11.9 Å². The first kappa shape index (κ1) is 18.7. The van der Waals surface area contributed by atoms with Crippen molar-refractivity contribution in [2.24, 2.45) is 0 Å². The molecule has 27 heavy (non-hydrogen) atoms. The summed E-state index contributed by atoms with van der Waals surface area (Å²) in [5, 5.41) is 7.63. The summed E-state index contributed by atoms with van der Waals surface area (Å²) < 4.78 is 7.28. The Hall–Kier alpha value is -3.08. The molecule has 0 bridgehead atoms. The molecule has 1 unspecified atom stereocenters. The molecule has 0 saturated heterocycles. The maximum atomic E-state index is 12.9. The molecule has 0 spiro atoms. The lowest BCUT2D eigenvalue weighted by Gasteiger charge is -2.15. The number of hydrogen-bond acceptors (Lipinski definition) is 3. The van der Waals surface area contributed by atoms with Crippen LogP contribution in [0.1, 0.15) is 47.2 Å². The Morgan fingerprint density at radius 2 is 1.78 bits per heavy atom. The molecule has 1 amide bonds. The van der Waals surface area contributed by atoms with Gasteiger partial charge in [0.05, 0.1) is 35.3 Å². The molecule has 0 saturated carbocycles. The minimum absolute atomic E-state index is 0.117. The zero-order valence-electron chi connectivity index (χ0n) is 16.2. The van der Waals surface area contributed by atoms with Gasteiger partial charge in [0.25, 0.3) is 5.91 Å². The second kappa shape index (κ2) is 8.08. The standard InChI is InChI=1S/C22H25N3O2/c1-5-27-20-13-11-18(12-14-20)15(2)23-22(26)21-16(3)24-25(17(21)4)19-9-7-6-8-10-19/h6-15H,5H2,1-4H3,(H,23,26). The number of carbonyl (C=O) groups is 1. The van der Waals surface area contributed by atoms with E-state index in [1.54, 1.807) is 0 Å². The summed E-state index contributed by atoms with van der Waals surface area (Å²) in [6.07, 6.45) is 0. The van der Waals surface area contributed by atoms with Crippen LogP contribution < -0.4 is 10.1 Å². The maximum Gasteiger partial charge on any atom is 0.255 e. The first-order valence-corrected chi connectivity index (χ1v) is 9.16. The Kier molecular flexibility index (Phi) is 5.60. The van der Waals surface area contributed by atoms with Crippen molar-refractivity contribution in [1.29, 1.82) is 0 Å². The first-order chi connectivity index (χ1) is 13.0. The van der Waals surface area contributed by atoms with Crippen LogP contribution in [0.5, 0.6) is 5.75 Å². The Bertz CT molecular complexity index is 915. The molecule has 3 rings (SSSR count). The summed E-state index contributed by atoms with van der Waals surface area (Å²) in [6.45, 7) is 8.35. The van der Waals surface area contributed by atoms with E-state index in [4.69, 9.17) is 4.74 Å². The predicted molar refractivity (Wildman–Crippen MR) is 107 cm³/mol. The molecule has 1 N–H and O–H groups in total. The molecule has 5 heteroatoms. The summed E-state index contributed by atoms with van der Waals surface area (Å²) >= 11 is 0. The average molecular weight is 363 g/mol. The van der Waals surface area contributed by atoms with Gasteiger partial charge in [-0.25, -0.2) is 4.68 Å². The van der Waals surface area contributed by atoms with Gasteiger partial charge in [-0.05, 0) is 57.5 Å². The van der Waals surface area contributed by atoms with Crippen LogP contribution >= 0.6 is 0 Å². The van der Waals surface area contributed by atoms with Gasteiger partial charge in [0.15, 0.2) is 0 Å². The highest BCUT2D eigenvalue weighted by atomic mass is 16.5. The fraction of sp³-hybridized carbons (Fsp3) is 0.273. The lowest BCUT2D eigenvalue weighted by atomic mass is 10.1. The summed E-state index contributed by atoms with van der Waals surface area (Å²) in [6, 6.07) is 17.5. The molecule has 2 aromatic carbocycles. The van der Waals surface area contributed by atoms with Crippen LogP contribution in [0, 0.1) is 13.8 Å². The van der Waals surface area contributed by atoms with Crippen LogP contribution in [-0.4, -0.2) is 22.3 Å². The zero-order chi connectivity index (χ0) is 19.4. The Morgan fingerprint density at radius 3 is 2.41 bits per heavy atom. The number of ether oxygens (including phenoxy) is 1. The third kappa shape index (κ3) is 4.03. The number of carbonyl (C=O) groups excluding carboxylic acids is 1. The molecule has 0 aliphatic heterocycles. The van der Waals surface area contributed by atoms with Gasteiger partial charge >= 0.3 is 0 Å². The molecular formula is C22H25N3O2. The highest BCUT2D eigenvalue weighted by Crippen LogP contribution is 2.21. The molecular weight excluding hydrogens is 338 g/mol. The Labute approximate surface area is 160 Å². The molecule has 140 valence electrons. The van der Waals surface area contributed by atoms with E-state index in [1.807, 2.05) is 87.0 Å². The van der Waals surface area contributed by atoms with Crippen molar-refractivity contribution in [2.45, 2.75) is 33.7 Å². The highest BCUT2D eigenvalue weighted by molar-refractivity contribution is 5.96. The number of rotatable bonds is 6. The number of nitrogens with one attached hydrogen (secondary N) is 1. The normalized spacial score (nSPS) is 11.9. The number of amides is 1. The van der Waals surface area contributed by atoms with Gasteiger partial charge in [-0.1, -0.05) is 30.3 Å². The molecule has 5 nitrogen and oxygen atoms in total. The third-order valence-electron chi connectivity index (χ3n) is 4.56. The smallest absolute Gasteiger partial charge is 0.255 e. The van der Waals surface area contributed by atoms with Crippen molar-refractivity contribution in [3.63, 3.8) is 0 Å². The fourth-order valence-electron chi connectivity index (χ4n) is 3.16. The van der Waals surface area contributed by atoms with Gasteiger partial charge < -0.3 is 10.1 Å². The van der Waals surface area contributed by atoms with E-state index in [2.05, 4.69) is 10.4 Å². The average Bonchev–Trinajstić information content (AvgIpc) is 2.97. The van der Waals surface area contributed by atoms with E-state index in [9.17, 15) is 4.79 Å². The molecule has 1 atom stereocenters. The van der Waals surface area contributed by atoms with Gasteiger partial charge in [0.1, 0.15) is 5.75 Å². The van der Waals surface area contributed by atoms with E-state index in [0.717, 1.165) is 22.7 Å². The van der Waals surface area contributed by atoms with Crippen LogP contribution in [0.3, 0.4) is 0 Å². The summed E-state index contributed by atoms with van der Waals surface area (Å²) in [5.41, 5.74) is 4.13. The van der Waals surface area contributed by atoms with Gasteiger partial charge in [0, 0.05) is 0 Å². The maximum absolute atomic E-state index is 12.9. The number of para-hydroxylation sites is 1. The Balaban J connectivity index is 1.79. The minimum Gasteiger partial charge on any atom is -0.494 e. The van der Waals surface area contributed by atoms with Crippen LogP contribution in [0.2, 0.25) is 0 Å². The van der Waals surface area contributed by atoms with Gasteiger partial charge in [-0.3, -0.25) is 4.79 Å². The molecule has 1 aromatic heterocycles. The predicted octanol–water partition coefficient (Wildman–Crippen LogP) is 4.38. The quantitative estimate of drug-likeness (QED) is 0.707. The summed E-state index contributed by atoms with van der Waals surface area (Å²) in [5.74, 6) is 0.712. The molecule has 0 aliphatic rings. The first-order valence-electron chi connectivity index (χ1n) is 9.16. The van der Waals surface area contributed by atoms with E-state index < -0.39 is 0 Å². The number of hydrogen-bond donors (Lipinski definition) is 1. The van der Waals surface area contributed by atoms with E-state index in [1.165, 1.54) is 0 Å². The molecule has 0 fully saturated rings. The summed E-state index contributed by atoms with van der Waals surface area (Å²) in [4.78, 5) is 12.9. The molecule has 0 aliphatic carbocycles. The molecule has 0 radical (unpaired) electrons. The molecule has 3 aromatic rings. The lowest BCUT2D eigenvalue weighted by molar-refractivity contribution is 0.0938. The highest BCUT2D eigenvalue weighted by Gasteiger charge is 2.21. The van der Waals surface area contributed by atoms with Gasteiger partial charge in [-0.2, -0.15) is 5.10 Å². The van der Waals surface area contributed by atoms with E-state index >= 15 is 0 Å². The molecule has 1 heterocycles. The van der Waals surface area contributed by atoms with Crippen molar-refractivity contribution in [1.82, 2.24) is 15.1 Å². The topological polar surface area (TPSA) is 56.1 Å². The number of benzene rings is 2. The van der Waals surface area contributed by atoms with E-state index in [0.29, 0.717) is 17.9 Å². The van der Waals surface area contributed by atoms with Gasteiger partial charge in [0.2, 0.25) is 0 Å². The second-order valence-electron chi connectivity index (χ2n) is 6.49. The van der Waals surface area contributed by atoms with Crippen molar-refractivity contribution < 1.29 is 9.53 Å². The lowest BCUT2D eigenvalue weighted by Crippen LogP contribution is -2.27. The number of nitrogens with zero attached hydrogens (tertiary/aromatic N) is 2. The minimum atomic E-state index is -0.118. The van der Waals surface area contributed by atoms with Crippen molar-refractivity contribution in [2.75, 3.05) is 6.61 Å². The third-order valence-corrected chi connectivity index (χ3v) is 4.56. The number of aryl methyl sites for hydroxylation is 1. The van der Waals surface area contributed by atoms with Gasteiger partial charge in [-0.15, -0.1) is 0 Å². The summed E-state index contributed by atoms with van der Waals surface area (Å²) in [7, 11) is 0. The van der Waals surface area contributed by atoms with Crippen molar-refractivity contribution >= 4 is 5.91 Å².